The van der Waals surface area contributed by atoms with E-state index in [9.17, 15) is 8.78 Å². The molecule has 1 unspecified atom stereocenters. The molecule has 0 spiro atoms. The second kappa shape index (κ2) is 3.49. The summed E-state index contributed by atoms with van der Waals surface area (Å²) in [5.74, 6) is -1.35. The first-order chi connectivity index (χ1) is 3.55. The highest BCUT2D eigenvalue weighted by atomic mass is 35.5. The van der Waals surface area contributed by atoms with E-state index in [1.807, 2.05) is 0 Å². The molecule has 0 aromatic heterocycles. The zero-order chi connectivity index (χ0) is 6.73. The van der Waals surface area contributed by atoms with Crippen LogP contribution in [0.1, 0.15) is 0 Å². The molecule has 0 aromatic carbocycles. The standard InChI is InChI=1S/C3HCl3F2/c4-2(5)1(7)3(6)8/h3H. The fourth-order valence-corrected chi connectivity index (χ4v) is 0.495. The van der Waals surface area contributed by atoms with Gasteiger partial charge in [0.1, 0.15) is 4.49 Å². The summed E-state index contributed by atoms with van der Waals surface area (Å²) in [6.07, 6.45) is 0. The topological polar surface area (TPSA) is 0 Å². The largest absolute Gasteiger partial charge is 0.226 e. The van der Waals surface area contributed by atoms with Crippen molar-refractivity contribution in [2.24, 2.45) is 0 Å². The number of hydrogen-bond donors (Lipinski definition) is 0. The highest BCUT2D eigenvalue weighted by Gasteiger charge is 2.11. The van der Waals surface area contributed by atoms with Gasteiger partial charge in [0.15, 0.2) is 5.83 Å². The SMILES string of the molecule is FC(=C(Cl)Cl)C(F)Cl. The Kier molecular flexibility index (Phi) is 3.69. The third kappa shape index (κ3) is 2.70. The molecule has 0 rings (SSSR count). The Hall–Kier alpha value is 0.470. The lowest BCUT2D eigenvalue weighted by molar-refractivity contribution is 0.417. The summed E-state index contributed by atoms with van der Waals surface area (Å²) in [5, 5.41) is 0. The van der Waals surface area contributed by atoms with Gasteiger partial charge in [0, 0.05) is 0 Å². The molecule has 0 saturated heterocycles. The lowest BCUT2D eigenvalue weighted by Gasteiger charge is -1.91. The highest BCUT2D eigenvalue weighted by Crippen LogP contribution is 2.22. The molecule has 8 heavy (non-hydrogen) atoms. The smallest absolute Gasteiger partial charge is 0.222 e. The molecule has 0 fully saturated rings. The van der Waals surface area contributed by atoms with Gasteiger partial charge in [-0.15, -0.1) is 0 Å². The van der Waals surface area contributed by atoms with Gasteiger partial charge in [0.05, 0.1) is 0 Å². The van der Waals surface area contributed by atoms with Gasteiger partial charge in [-0.2, -0.15) is 0 Å². The van der Waals surface area contributed by atoms with Crippen molar-refractivity contribution in [1.82, 2.24) is 0 Å². The molecule has 5 heteroatoms. The summed E-state index contributed by atoms with van der Waals surface area (Å²) in [6.45, 7) is 0. The van der Waals surface area contributed by atoms with Crippen LogP contribution in [0, 0.1) is 0 Å². The van der Waals surface area contributed by atoms with E-state index < -0.39 is 15.9 Å². The van der Waals surface area contributed by atoms with Crippen LogP contribution >= 0.6 is 34.8 Å². The van der Waals surface area contributed by atoms with Crippen molar-refractivity contribution in [3.05, 3.63) is 10.3 Å². The maximum absolute atomic E-state index is 11.8. The third-order valence-electron chi connectivity index (χ3n) is 0.372. The van der Waals surface area contributed by atoms with Crippen LogP contribution in [0.25, 0.3) is 0 Å². The van der Waals surface area contributed by atoms with Crippen LogP contribution < -0.4 is 0 Å². The minimum atomic E-state index is -2.24. The first-order valence-electron chi connectivity index (χ1n) is 1.54. The van der Waals surface area contributed by atoms with E-state index in [0.717, 1.165) is 0 Å². The molecule has 0 N–H and O–H groups in total. The molecular formula is C3HCl3F2. The zero-order valence-corrected chi connectivity index (χ0v) is 5.73. The van der Waals surface area contributed by atoms with Gasteiger partial charge in [0.25, 0.3) is 0 Å². The maximum atomic E-state index is 11.8. The van der Waals surface area contributed by atoms with Crippen molar-refractivity contribution >= 4 is 34.8 Å². The lowest BCUT2D eigenvalue weighted by atomic mass is 10.7. The molecule has 0 amide bonds. The van der Waals surface area contributed by atoms with Crippen molar-refractivity contribution in [2.75, 3.05) is 0 Å². The minimum absolute atomic E-state index is 0.771. The van der Waals surface area contributed by atoms with Gasteiger partial charge < -0.3 is 0 Å². The number of hydrogen-bond acceptors (Lipinski definition) is 0. The Bertz CT molecular complexity index is 105. The normalized spacial score (nSPS) is 13.1. The molecule has 0 saturated carbocycles. The molecular weight excluding hydrogens is 180 g/mol. The van der Waals surface area contributed by atoms with Crippen LogP contribution in [0.3, 0.4) is 0 Å². The lowest BCUT2D eigenvalue weighted by Crippen LogP contribution is -1.87. The average molecular weight is 181 g/mol. The Morgan fingerprint density at radius 1 is 1.38 bits per heavy atom. The quantitative estimate of drug-likeness (QED) is 0.545. The summed E-state index contributed by atoms with van der Waals surface area (Å²) in [7, 11) is 0. The number of allylic oxidation sites excluding steroid dienone is 1. The fourth-order valence-electron chi connectivity index (χ4n) is 0.0825. The number of alkyl halides is 2. The Morgan fingerprint density at radius 3 is 1.75 bits per heavy atom. The zero-order valence-electron chi connectivity index (χ0n) is 3.47. The van der Waals surface area contributed by atoms with Crippen LogP contribution in [0.4, 0.5) is 8.78 Å². The van der Waals surface area contributed by atoms with E-state index in [1.54, 1.807) is 0 Å². The summed E-state index contributed by atoms with van der Waals surface area (Å²) in [4.78, 5) is 0. The molecule has 0 heterocycles. The van der Waals surface area contributed by atoms with Gasteiger partial charge in [-0.1, -0.05) is 34.8 Å². The van der Waals surface area contributed by atoms with Crippen molar-refractivity contribution < 1.29 is 8.78 Å². The van der Waals surface area contributed by atoms with Crippen LogP contribution in [0.2, 0.25) is 0 Å². The van der Waals surface area contributed by atoms with E-state index >= 15 is 0 Å². The Labute approximate surface area is 60.0 Å². The molecule has 0 radical (unpaired) electrons. The summed E-state index contributed by atoms with van der Waals surface area (Å²) < 4.78 is 22.5. The van der Waals surface area contributed by atoms with E-state index in [4.69, 9.17) is 23.2 Å². The predicted molar refractivity (Wildman–Crippen MR) is 30.6 cm³/mol. The molecule has 0 bridgehead atoms. The first-order valence-corrected chi connectivity index (χ1v) is 2.73. The van der Waals surface area contributed by atoms with E-state index in [0.29, 0.717) is 0 Å². The summed E-state index contributed by atoms with van der Waals surface area (Å²) in [5.41, 5.74) is -2.24. The summed E-state index contributed by atoms with van der Waals surface area (Å²) in [6, 6.07) is 0. The third-order valence-corrected chi connectivity index (χ3v) is 0.925. The van der Waals surface area contributed by atoms with Gasteiger partial charge in [0.2, 0.25) is 5.63 Å². The van der Waals surface area contributed by atoms with Gasteiger partial charge in [-0.3, -0.25) is 0 Å². The van der Waals surface area contributed by atoms with Crippen LogP contribution in [-0.4, -0.2) is 5.63 Å². The Morgan fingerprint density at radius 2 is 1.75 bits per heavy atom. The minimum Gasteiger partial charge on any atom is -0.222 e. The number of halogens is 5. The Balaban J connectivity index is 4.00. The highest BCUT2D eigenvalue weighted by molar-refractivity contribution is 6.56. The van der Waals surface area contributed by atoms with Crippen molar-refractivity contribution in [1.29, 1.82) is 0 Å². The van der Waals surface area contributed by atoms with E-state index in [2.05, 4.69) is 11.6 Å². The predicted octanol–water partition coefficient (Wildman–Crippen LogP) is 3.14. The second-order valence-electron chi connectivity index (χ2n) is 0.909. The van der Waals surface area contributed by atoms with Crippen molar-refractivity contribution in [2.45, 2.75) is 5.63 Å². The van der Waals surface area contributed by atoms with Crippen LogP contribution in [0.15, 0.2) is 10.3 Å². The van der Waals surface area contributed by atoms with Gasteiger partial charge >= 0.3 is 0 Å². The molecule has 48 valence electrons. The summed E-state index contributed by atoms with van der Waals surface area (Å²) >= 11 is 14.1. The van der Waals surface area contributed by atoms with Gasteiger partial charge in [-0.05, 0) is 0 Å². The molecule has 0 aromatic rings. The molecule has 0 aliphatic carbocycles. The van der Waals surface area contributed by atoms with Gasteiger partial charge in [-0.25, -0.2) is 8.78 Å². The molecule has 0 aliphatic rings. The average Bonchev–Trinajstić information content (AvgIpc) is 1.64. The van der Waals surface area contributed by atoms with Crippen molar-refractivity contribution in [3.63, 3.8) is 0 Å². The molecule has 0 nitrogen and oxygen atoms in total. The second-order valence-corrected chi connectivity index (χ2v) is 2.24. The fraction of sp³-hybridized carbons (Fsp3) is 0.333. The van der Waals surface area contributed by atoms with Crippen LogP contribution in [0.5, 0.6) is 0 Å². The molecule has 0 aliphatic heterocycles. The van der Waals surface area contributed by atoms with Crippen molar-refractivity contribution in [3.8, 4) is 0 Å². The molecule has 1 atom stereocenters. The maximum Gasteiger partial charge on any atom is 0.226 e. The van der Waals surface area contributed by atoms with Crippen LogP contribution in [-0.2, 0) is 0 Å². The number of rotatable bonds is 1. The first kappa shape index (κ1) is 8.47. The van der Waals surface area contributed by atoms with E-state index in [1.165, 1.54) is 0 Å². The monoisotopic (exact) mass is 180 g/mol. The van der Waals surface area contributed by atoms with E-state index in [-0.39, 0.29) is 0 Å².